The number of hydrogen-bond donors (Lipinski definition) is 3. The summed E-state index contributed by atoms with van der Waals surface area (Å²) < 4.78 is 5.53. The zero-order chi connectivity index (χ0) is 15.4. The number of para-hydroxylation sites is 2. The second kappa shape index (κ2) is 6.37. The van der Waals surface area contributed by atoms with E-state index in [2.05, 4.69) is 5.32 Å². The molecule has 5 nitrogen and oxygen atoms in total. The van der Waals surface area contributed by atoms with Gasteiger partial charge in [-0.25, -0.2) is 0 Å². The molecule has 0 unspecified atom stereocenters. The van der Waals surface area contributed by atoms with E-state index in [-0.39, 0.29) is 5.56 Å². The van der Waals surface area contributed by atoms with Crippen molar-refractivity contribution in [1.82, 2.24) is 0 Å². The number of amides is 1. The van der Waals surface area contributed by atoms with Gasteiger partial charge in [0.25, 0.3) is 5.91 Å². The maximum atomic E-state index is 11.6. The monoisotopic (exact) mass is 305 g/mol. The van der Waals surface area contributed by atoms with Crippen molar-refractivity contribution in [2.24, 2.45) is 5.73 Å². The number of nitrogen functional groups attached to an aromatic ring is 1. The molecule has 5 N–H and O–H groups in total. The molecule has 0 bridgehead atoms. The van der Waals surface area contributed by atoms with E-state index >= 15 is 0 Å². The van der Waals surface area contributed by atoms with Gasteiger partial charge >= 0.3 is 0 Å². The lowest BCUT2D eigenvalue weighted by Gasteiger charge is -2.16. The molecule has 2 aromatic rings. The quantitative estimate of drug-likeness (QED) is 0.740. The van der Waals surface area contributed by atoms with Gasteiger partial charge in [-0.15, -0.1) is 0 Å². The molecule has 0 aliphatic carbocycles. The fourth-order valence-corrected chi connectivity index (χ4v) is 2.21. The number of benzene rings is 2. The summed E-state index contributed by atoms with van der Waals surface area (Å²) in [5.74, 6) is 0.0453. The largest absolute Gasteiger partial charge is 0.492 e. The molecule has 0 aliphatic heterocycles. The van der Waals surface area contributed by atoms with E-state index in [0.717, 1.165) is 0 Å². The van der Waals surface area contributed by atoms with Crippen LogP contribution in [0.1, 0.15) is 17.3 Å². The average Bonchev–Trinajstić information content (AvgIpc) is 2.43. The first kappa shape index (κ1) is 15.0. The summed E-state index contributed by atoms with van der Waals surface area (Å²) in [5, 5.41) is 3.40. The molecule has 2 aromatic carbocycles. The van der Waals surface area contributed by atoms with Crippen LogP contribution in [-0.4, -0.2) is 12.5 Å². The Morgan fingerprint density at radius 2 is 2.05 bits per heavy atom. The van der Waals surface area contributed by atoms with Crippen LogP contribution in [0.5, 0.6) is 5.75 Å². The lowest BCUT2D eigenvalue weighted by Crippen LogP contribution is -2.14. The third kappa shape index (κ3) is 3.38. The Morgan fingerprint density at radius 3 is 2.71 bits per heavy atom. The number of carbonyl (C=O) groups excluding carboxylic acids is 1. The average molecular weight is 306 g/mol. The highest BCUT2D eigenvalue weighted by molar-refractivity contribution is 6.34. The van der Waals surface area contributed by atoms with E-state index < -0.39 is 5.91 Å². The van der Waals surface area contributed by atoms with E-state index in [9.17, 15) is 4.79 Å². The molecule has 0 atom stereocenters. The number of ether oxygens (including phenoxy) is 1. The minimum absolute atomic E-state index is 0.228. The van der Waals surface area contributed by atoms with Crippen molar-refractivity contribution in [2.45, 2.75) is 6.92 Å². The van der Waals surface area contributed by atoms with E-state index in [0.29, 0.717) is 34.4 Å². The van der Waals surface area contributed by atoms with Gasteiger partial charge in [-0.3, -0.25) is 4.79 Å². The lowest BCUT2D eigenvalue weighted by molar-refractivity contribution is 0.100. The number of carbonyl (C=O) groups is 1. The second-order valence-electron chi connectivity index (χ2n) is 4.34. The minimum atomic E-state index is -0.611. The number of nitrogens with one attached hydrogen (secondary N) is 1. The van der Waals surface area contributed by atoms with Gasteiger partial charge in [0.05, 0.1) is 28.6 Å². The molecule has 2 rings (SSSR count). The van der Waals surface area contributed by atoms with Gasteiger partial charge in [0, 0.05) is 5.69 Å². The number of hydrogen-bond acceptors (Lipinski definition) is 4. The maximum absolute atomic E-state index is 11.6. The first-order chi connectivity index (χ1) is 10.0. The normalized spacial score (nSPS) is 10.2. The molecule has 0 aromatic heterocycles. The van der Waals surface area contributed by atoms with Gasteiger partial charge in [-0.2, -0.15) is 0 Å². The Labute approximate surface area is 127 Å². The molecule has 0 saturated carbocycles. The topological polar surface area (TPSA) is 90.4 Å². The third-order valence-electron chi connectivity index (χ3n) is 2.82. The van der Waals surface area contributed by atoms with Crippen LogP contribution in [0.2, 0.25) is 5.02 Å². The Balaban J connectivity index is 2.47. The lowest BCUT2D eigenvalue weighted by atomic mass is 10.1. The zero-order valence-corrected chi connectivity index (χ0v) is 12.3. The van der Waals surface area contributed by atoms with E-state index in [1.165, 1.54) is 6.07 Å². The Bertz CT molecular complexity index is 674. The van der Waals surface area contributed by atoms with Crippen molar-refractivity contribution in [3.63, 3.8) is 0 Å². The van der Waals surface area contributed by atoms with Crippen LogP contribution in [0.25, 0.3) is 0 Å². The summed E-state index contributed by atoms with van der Waals surface area (Å²) in [6.07, 6.45) is 0. The predicted molar refractivity (Wildman–Crippen MR) is 85.3 cm³/mol. The van der Waals surface area contributed by atoms with Crippen molar-refractivity contribution < 1.29 is 9.53 Å². The Kier molecular flexibility index (Phi) is 4.55. The standard InChI is InChI=1S/C15H16ClN3O2/c1-2-21-13-6-4-3-5-12(13)19-14-10(15(18)20)7-9(17)8-11(14)16/h3-8,19H,2,17H2,1H3,(H2,18,20). The molecule has 0 heterocycles. The summed E-state index contributed by atoms with van der Waals surface area (Å²) in [7, 11) is 0. The van der Waals surface area contributed by atoms with Gasteiger partial charge in [0.15, 0.2) is 0 Å². The fourth-order valence-electron chi connectivity index (χ4n) is 1.93. The highest BCUT2D eigenvalue weighted by atomic mass is 35.5. The summed E-state index contributed by atoms with van der Waals surface area (Å²) in [6, 6.07) is 10.4. The summed E-state index contributed by atoms with van der Waals surface area (Å²) in [6.45, 7) is 2.42. The van der Waals surface area contributed by atoms with E-state index in [1.807, 2.05) is 31.2 Å². The molecule has 0 saturated heterocycles. The van der Waals surface area contributed by atoms with Crippen LogP contribution in [0.3, 0.4) is 0 Å². The number of anilines is 3. The SMILES string of the molecule is CCOc1ccccc1Nc1c(Cl)cc(N)cc1C(N)=O. The van der Waals surface area contributed by atoms with Gasteiger partial charge in [-0.1, -0.05) is 23.7 Å². The predicted octanol–water partition coefficient (Wildman–Crippen LogP) is 3.16. The molecule has 6 heteroatoms. The smallest absolute Gasteiger partial charge is 0.250 e. The number of rotatable bonds is 5. The fraction of sp³-hybridized carbons (Fsp3) is 0.133. The highest BCUT2D eigenvalue weighted by Gasteiger charge is 2.15. The van der Waals surface area contributed by atoms with Crippen LogP contribution in [0.15, 0.2) is 36.4 Å². The zero-order valence-electron chi connectivity index (χ0n) is 11.5. The first-order valence-corrected chi connectivity index (χ1v) is 6.78. The minimum Gasteiger partial charge on any atom is -0.492 e. The molecular formula is C15H16ClN3O2. The molecule has 1 amide bonds. The van der Waals surface area contributed by atoms with Gasteiger partial charge in [-0.05, 0) is 31.2 Å². The van der Waals surface area contributed by atoms with Crippen molar-refractivity contribution in [2.75, 3.05) is 17.7 Å². The van der Waals surface area contributed by atoms with Crippen molar-refractivity contribution in [3.8, 4) is 5.75 Å². The summed E-state index contributed by atoms with van der Waals surface area (Å²) in [5.41, 5.74) is 12.8. The van der Waals surface area contributed by atoms with Gasteiger partial charge in [0.1, 0.15) is 5.75 Å². The first-order valence-electron chi connectivity index (χ1n) is 6.40. The highest BCUT2D eigenvalue weighted by Crippen LogP contribution is 2.34. The van der Waals surface area contributed by atoms with E-state index in [4.69, 9.17) is 27.8 Å². The molecule has 0 aliphatic rings. The van der Waals surface area contributed by atoms with Crippen molar-refractivity contribution in [3.05, 3.63) is 47.0 Å². The van der Waals surface area contributed by atoms with Crippen LogP contribution in [0, 0.1) is 0 Å². The molecule has 110 valence electrons. The maximum Gasteiger partial charge on any atom is 0.250 e. The molecule has 0 fully saturated rings. The van der Waals surface area contributed by atoms with Crippen molar-refractivity contribution >= 4 is 34.6 Å². The van der Waals surface area contributed by atoms with Crippen LogP contribution in [0.4, 0.5) is 17.1 Å². The molecular weight excluding hydrogens is 290 g/mol. The Morgan fingerprint density at radius 1 is 1.33 bits per heavy atom. The van der Waals surface area contributed by atoms with Crippen LogP contribution in [-0.2, 0) is 0 Å². The number of nitrogens with two attached hydrogens (primary N) is 2. The van der Waals surface area contributed by atoms with Gasteiger partial charge in [0.2, 0.25) is 0 Å². The Hall–Kier alpha value is -2.40. The second-order valence-corrected chi connectivity index (χ2v) is 4.75. The van der Waals surface area contributed by atoms with Gasteiger partial charge < -0.3 is 21.5 Å². The third-order valence-corrected chi connectivity index (χ3v) is 3.12. The van der Waals surface area contributed by atoms with Crippen LogP contribution < -0.4 is 21.5 Å². The molecule has 21 heavy (non-hydrogen) atoms. The van der Waals surface area contributed by atoms with Crippen molar-refractivity contribution in [1.29, 1.82) is 0 Å². The summed E-state index contributed by atoms with van der Waals surface area (Å²) >= 11 is 6.17. The molecule has 0 spiro atoms. The van der Waals surface area contributed by atoms with E-state index in [1.54, 1.807) is 6.07 Å². The molecule has 0 radical (unpaired) electrons. The van der Waals surface area contributed by atoms with Crippen LogP contribution >= 0.6 is 11.6 Å². The summed E-state index contributed by atoms with van der Waals surface area (Å²) in [4.78, 5) is 11.6. The number of halogens is 1. The number of primary amides is 1.